The Morgan fingerprint density at radius 1 is 1.31 bits per heavy atom. The van der Waals surface area contributed by atoms with Gasteiger partial charge in [-0.3, -0.25) is 10.1 Å². The minimum absolute atomic E-state index is 0.420. The summed E-state index contributed by atoms with van der Waals surface area (Å²) in [6.45, 7) is 1.86. The lowest BCUT2D eigenvalue weighted by atomic mass is 10.0. The van der Waals surface area contributed by atoms with Gasteiger partial charge in [-0.1, -0.05) is 30.3 Å². The monoisotopic (exact) mass is 214 g/mol. The summed E-state index contributed by atoms with van der Waals surface area (Å²) < 4.78 is 1.60. The normalized spacial score (nSPS) is 10.4. The van der Waals surface area contributed by atoms with E-state index in [1.54, 1.807) is 11.7 Å². The van der Waals surface area contributed by atoms with Gasteiger partial charge in [-0.05, 0) is 6.92 Å². The van der Waals surface area contributed by atoms with E-state index in [9.17, 15) is 0 Å². The fourth-order valence-corrected chi connectivity index (χ4v) is 1.73. The van der Waals surface area contributed by atoms with Gasteiger partial charge in [0, 0.05) is 12.6 Å². The first-order valence-electron chi connectivity index (χ1n) is 5.04. The first kappa shape index (κ1) is 10.4. The van der Waals surface area contributed by atoms with Crippen LogP contribution >= 0.6 is 0 Å². The third kappa shape index (κ3) is 1.58. The van der Waals surface area contributed by atoms with E-state index in [1.807, 2.05) is 37.3 Å². The van der Waals surface area contributed by atoms with E-state index in [1.165, 1.54) is 0 Å². The first-order valence-corrected chi connectivity index (χ1v) is 5.04. The molecule has 1 aromatic carbocycles. The van der Waals surface area contributed by atoms with Crippen LogP contribution < -0.4 is 5.73 Å². The number of benzene rings is 1. The van der Waals surface area contributed by atoms with E-state index in [-0.39, 0.29) is 0 Å². The van der Waals surface area contributed by atoms with Crippen molar-refractivity contribution in [2.75, 3.05) is 5.73 Å². The predicted octanol–water partition coefficient (Wildman–Crippen LogP) is 1.73. The lowest BCUT2D eigenvalue weighted by molar-refractivity contribution is 0.767. The fraction of sp³-hybridized carbons (Fsp3) is 0.167. The number of anilines is 1. The highest BCUT2D eigenvalue weighted by Crippen LogP contribution is 2.19. The molecule has 0 bridgehead atoms. The molecule has 16 heavy (non-hydrogen) atoms. The molecular weight excluding hydrogens is 200 g/mol. The molecule has 0 unspecified atom stereocenters. The maximum absolute atomic E-state index is 8.13. The molecule has 1 aromatic heterocycles. The predicted molar refractivity (Wildman–Crippen MR) is 64.7 cm³/mol. The van der Waals surface area contributed by atoms with Crippen molar-refractivity contribution >= 4 is 11.5 Å². The summed E-state index contributed by atoms with van der Waals surface area (Å²) in [6.07, 6.45) is 0. The molecule has 0 aliphatic carbocycles. The SMILES string of the molecule is Cc1nn(C)c(N)c1C(=N)c1ccccc1. The number of hydrogen-bond donors (Lipinski definition) is 2. The fourth-order valence-electron chi connectivity index (χ4n) is 1.73. The van der Waals surface area contributed by atoms with Gasteiger partial charge in [0.2, 0.25) is 0 Å². The molecule has 4 heteroatoms. The van der Waals surface area contributed by atoms with E-state index in [0.717, 1.165) is 11.3 Å². The molecule has 0 fully saturated rings. The van der Waals surface area contributed by atoms with E-state index >= 15 is 0 Å². The third-order valence-electron chi connectivity index (χ3n) is 2.58. The number of rotatable bonds is 2. The number of aromatic nitrogens is 2. The van der Waals surface area contributed by atoms with Gasteiger partial charge in [0.15, 0.2) is 0 Å². The molecule has 2 rings (SSSR count). The molecule has 0 amide bonds. The van der Waals surface area contributed by atoms with Crippen molar-refractivity contribution < 1.29 is 0 Å². The number of aryl methyl sites for hydroxylation is 2. The lowest BCUT2D eigenvalue weighted by Gasteiger charge is -2.04. The van der Waals surface area contributed by atoms with Crippen LogP contribution in [0.2, 0.25) is 0 Å². The van der Waals surface area contributed by atoms with Gasteiger partial charge >= 0.3 is 0 Å². The Bertz CT molecular complexity index is 525. The quantitative estimate of drug-likeness (QED) is 0.747. The van der Waals surface area contributed by atoms with Crippen LogP contribution in [0.4, 0.5) is 5.82 Å². The molecule has 2 aromatic rings. The molecular formula is C12H14N4. The molecule has 0 atom stereocenters. The Hall–Kier alpha value is -2.10. The highest BCUT2D eigenvalue weighted by Gasteiger charge is 2.15. The van der Waals surface area contributed by atoms with Gasteiger partial charge in [-0.25, -0.2) is 0 Å². The summed E-state index contributed by atoms with van der Waals surface area (Å²) >= 11 is 0. The van der Waals surface area contributed by atoms with Crippen LogP contribution in [0.3, 0.4) is 0 Å². The van der Waals surface area contributed by atoms with Crippen molar-refractivity contribution in [2.45, 2.75) is 6.92 Å². The molecule has 0 aliphatic rings. The zero-order chi connectivity index (χ0) is 11.7. The largest absolute Gasteiger partial charge is 0.383 e. The molecule has 0 aliphatic heterocycles. The summed E-state index contributed by atoms with van der Waals surface area (Å²) in [6, 6.07) is 9.54. The topological polar surface area (TPSA) is 67.7 Å². The van der Waals surface area contributed by atoms with E-state index in [2.05, 4.69) is 5.10 Å². The highest BCUT2D eigenvalue weighted by molar-refractivity contribution is 6.14. The van der Waals surface area contributed by atoms with E-state index in [4.69, 9.17) is 11.1 Å². The van der Waals surface area contributed by atoms with Crippen molar-refractivity contribution in [2.24, 2.45) is 7.05 Å². The van der Waals surface area contributed by atoms with Crippen molar-refractivity contribution in [3.8, 4) is 0 Å². The van der Waals surface area contributed by atoms with E-state index < -0.39 is 0 Å². The minimum Gasteiger partial charge on any atom is -0.383 e. The maximum Gasteiger partial charge on any atom is 0.131 e. The summed E-state index contributed by atoms with van der Waals surface area (Å²) in [5, 5.41) is 12.3. The zero-order valence-electron chi connectivity index (χ0n) is 9.36. The smallest absolute Gasteiger partial charge is 0.131 e. The number of hydrogen-bond acceptors (Lipinski definition) is 3. The van der Waals surface area contributed by atoms with Gasteiger partial charge < -0.3 is 5.73 Å². The van der Waals surface area contributed by atoms with Crippen LogP contribution in [0, 0.1) is 12.3 Å². The Kier molecular flexibility index (Phi) is 2.48. The van der Waals surface area contributed by atoms with Crippen LogP contribution in [0.25, 0.3) is 0 Å². The van der Waals surface area contributed by atoms with Crippen LogP contribution in [-0.2, 0) is 7.05 Å². The minimum atomic E-state index is 0.420. The Morgan fingerprint density at radius 3 is 2.44 bits per heavy atom. The van der Waals surface area contributed by atoms with Gasteiger partial charge in [-0.2, -0.15) is 5.10 Å². The van der Waals surface area contributed by atoms with Crippen molar-refractivity contribution in [1.29, 1.82) is 5.41 Å². The van der Waals surface area contributed by atoms with Crippen LogP contribution in [0.15, 0.2) is 30.3 Å². The molecule has 0 saturated carbocycles. The van der Waals surface area contributed by atoms with Crippen LogP contribution in [0.5, 0.6) is 0 Å². The maximum atomic E-state index is 8.13. The van der Waals surface area contributed by atoms with Gasteiger partial charge in [-0.15, -0.1) is 0 Å². The average Bonchev–Trinajstić information content (AvgIpc) is 2.54. The Balaban J connectivity index is 2.50. The highest BCUT2D eigenvalue weighted by atomic mass is 15.3. The molecule has 0 radical (unpaired) electrons. The summed E-state index contributed by atoms with van der Waals surface area (Å²) in [5.74, 6) is 0.534. The molecule has 1 heterocycles. The second-order valence-electron chi connectivity index (χ2n) is 3.71. The van der Waals surface area contributed by atoms with Gasteiger partial charge in [0.25, 0.3) is 0 Å². The number of nitrogens with two attached hydrogens (primary N) is 1. The second-order valence-corrected chi connectivity index (χ2v) is 3.71. The second kappa shape index (κ2) is 3.81. The number of nitrogens with zero attached hydrogens (tertiary/aromatic N) is 2. The standard InChI is InChI=1S/C12H14N4/c1-8-10(12(14)16(2)15-8)11(13)9-6-4-3-5-7-9/h3-7,13H,14H2,1-2H3. The van der Waals surface area contributed by atoms with Crippen LogP contribution in [-0.4, -0.2) is 15.5 Å². The summed E-state index contributed by atoms with van der Waals surface area (Å²) in [7, 11) is 1.78. The Labute approximate surface area is 94.2 Å². The molecule has 0 saturated heterocycles. The van der Waals surface area contributed by atoms with E-state index in [0.29, 0.717) is 17.1 Å². The first-order chi connectivity index (χ1) is 7.61. The molecule has 3 N–H and O–H groups in total. The lowest BCUT2D eigenvalue weighted by Crippen LogP contribution is -2.06. The zero-order valence-corrected chi connectivity index (χ0v) is 9.36. The summed E-state index contributed by atoms with van der Waals surface area (Å²) in [5.41, 5.74) is 8.68. The van der Waals surface area contributed by atoms with Gasteiger partial charge in [0.1, 0.15) is 5.82 Å². The van der Waals surface area contributed by atoms with Crippen molar-refractivity contribution in [3.05, 3.63) is 47.2 Å². The van der Waals surface area contributed by atoms with Gasteiger partial charge in [0.05, 0.1) is 17.0 Å². The molecule has 82 valence electrons. The number of nitrogens with one attached hydrogen (secondary N) is 1. The molecule has 4 nitrogen and oxygen atoms in total. The Morgan fingerprint density at radius 2 is 1.94 bits per heavy atom. The average molecular weight is 214 g/mol. The summed E-state index contributed by atoms with van der Waals surface area (Å²) in [4.78, 5) is 0. The number of nitrogen functional groups attached to an aromatic ring is 1. The van der Waals surface area contributed by atoms with Crippen LogP contribution in [0.1, 0.15) is 16.8 Å². The molecule has 0 spiro atoms. The third-order valence-corrected chi connectivity index (χ3v) is 2.58. The van der Waals surface area contributed by atoms with Crippen molar-refractivity contribution in [3.63, 3.8) is 0 Å². The van der Waals surface area contributed by atoms with Crippen molar-refractivity contribution in [1.82, 2.24) is 9.78 Å².